The molecule has 2 heterocycles. The van der Waals surface area contributed by atoms with Gasteiger partial charge in [-0.15, -0.1) is 10.2 Å². The van der Waals surface area contributed by atoms with Crippen molar-refractivity contribution in [3.8, 4) is 11.4 Å². The highest BCUT2D eigenvalue weighted by Crippen LogP contribution is 2.19. The number of aromatic nitrogens is 6. The van der Waals surface area contributed by atoms with Crippen molar-refractivity contribution >= 4 is 0 Å². The highest BCUT2D eigenvalue weighted by Gasteiger charge is 2.20. The third kappa shape index (κ3) is 2.72. The standard InChI is InChI=1S/C14H15FN6O/c1-8(2)12-16-14(22-19-12)9(3)21-18-13(17-20-21)10-5-4-6-11(15)7-10/h4-9H,1-3H3/t9-/m0/s1. The van der Waals surface area contributed by atoms with Gasteiger partial charge in [-0.2, -0.15) is 9.78 Å². The van der Waals surface area contributed by atoms with E-state index in [0.29, 0.717) is 23.1 Å². The van der Waals surface area contributed by atoms with Gasteiger partial charge in [-0.05, 0) is 24.3 Å². The lowest BCUT2D eigenvalue weighted by Crippen LogP contribution is -2.11. The Balaban J connectivity index is 1.86. The van der Waals surface area contributed by atoms with E-state index in [4.69, 9.17) is 4.52 Å². The highest BCUT2D eigenvalue weighted by atomic mass is 19.1. The summed E-state index contributed by atoms with van der Waals surface area (Å²) in [7, 11) is 0. The largest absolute Gasteiger partial charge is 0.337 e. The monoisotopic (exact) mass is 302 g/mol. The molecule has 0 N–H and O–H groups in total. The Morgan fingerprint density at radius 1 is 1.23 bits per heavy atom. The summed E-state index contributed by atoms with van der Waals surface area (Å²) >= 11 is 0. The van der Waals surface area contributed by atoms with Gasteiger partial charge < -0.3 is 4.52 Å². The molecule has 0 radical (unpaired) electrons. The average Bonchev–Trinajstić information content (AvgIpc) is 3.16. The van der Waals surface area contributed by atoms with Gasteiger partial charge in [-0.1, -0.05) is 31.1 Å². The minimum absolute atomic E-state index is 0.177. The van der Waals surface area contributed by atoms with E-state index >= 15 is 0 Å². The second-order valence-electron chi connectivity index (χ2n) is 5.27. The minimum atomic E-state index is -0.352. The van der Waals surface area contributed by atoms with Gasteiger partial charge in [-0.25, -0.2) is 4.39 Å². The van der Waals surface area contributed by atoms with Gasteiger partial charge in [0.15, 0.2) is 5.82 Å². The summed E-state index contributed by atoms with van der Waals surface area (Å²) in [6.07, 6.45) is 0. The van der Waals surface area contributed by atoms with Crippen LogP contribution < -0.4 is 0 Å². The van der Waals surface area contributed by atoms with Crippen molar-refractivity contribution in [3.05, 3.63) is 41.8 Å². The SMILES string of the molecule is CC(C)c1noc([C@H](C)n2nnc(-c3cccc(F)c3)n2)n1. The van der Waals surface area contributed by atoms with Crippen LogP contribution in [-0.4, -0.2) is 30.3 Å². The van der Waals surface area contributed by atoms with Gasteiger partial charge in [0.25, 0.3) is 5.89 Å². The van der Waals surface area contributed by atoms with Crippen LogP contribution in [0.2, 0.25) is 0 Å². The molecule has 0 unspecified atom stereocenters. The summed E-state index contributed by atoms with van der Waals surface area (Å²) in [4.78, 5) is 5.69. The third-order valence-electron chi connectivity index (χ3n) is 3.19. The quantitative estimate of drug-likeness (QED) is 0.736. The summed E-state index contributed by atoms with van der Waals surface area (Å²) in [6.45, 7) is 5.79. The summed E-state index contributed by atoms with van der Waals surface area (Å²) in [6, 6.07) is 5.69. The molecule has 2 aromatic heterocycles. The molecule has 114 valence electrons. The molecule has 1 aromatic carbocycles. The summed E-state index contributed by atoms with van der Waals surface area (Å²) < 4.78 is 18.5. The Hall–Kier alpha value is -2.64. The molecule has 0 amide bonds. The van der Waals surface area contributed by atoms with E-state index in [2.05, 4.69) is 25.6 Å². The molecule has 0 fully saturated rings. The molecular weight excluding hydrogens is 287 g/mol. The lowest BCUT2D eigenvalue weighted by Gasteiger charge is -2.03. The van der Waals surface area contributed by atoms with Crippen molar-refractivity contribution in [2.45, 2.75) is 32.7 Å². The Bertz CT molecular complexity index is 781. The normalized spacial score (nSPS) is 12.8. The lowest BCUT2D eigenvalue weighted by molar-refractivity contribution is 0.317. The highest BCUT2D eigenvalue weighted by molar-refractivity contribution is 5.53. The van der Waals surface area contributed by atoms with Crippen LogP contribution in [0.15, 0.2) is 28.8 Å². The number of nitrogens with zero attached hydrogens (tertiary/aromatic N) is 6. The maximum Gasteiger partial charge on any atom is 0.253 e. The topological polar surface area (TPSA) is 82.5 Å². The van der Waals surface area contributed by atoms with Crippen LogP contribution in [0.1, 0.15) is 44.4 Å². The van der Waals surface area contributed by atoms with Crippen molar-refractivity contribution in [2.24, 2.45) is 0 Å². The van der Waals surface area contributed by atoms with Crippen LogP contribution in [0, 0.1) is 5.82 Å². The van der Waals surface area contributed by atoms with Crippen molar-refractivity contribution in [1.29, 1.82) is 0 Å². The van der Waals surface area contributed by atoms with Crippen LogP contribution in [0.3, 0.4) is 0 Å². The Labute approximate surface area is 126 Å². The predicted molar refractivity (Wildman–Crippen MR) is 75.4 cm³/mol. The fourth-order valence-electron chi connectivity index (χ4n) is 1.88. The fourth-order valence-corrected chi connectivity index (χ4v) is 1.88. The molecule has 1 atom stereocenters. The van der Waals surface area contributed by atoms with Crippen molar-refractivity contribution in [2.75, 3.05) is 0 Å². The molecule has 0 aliphatic heterocycles. The summed E-state index contributed by atoms with van der Waals surface area (Å²) in [5.74, 6) is 1.21. The number of halogens is 1. The van der Waals surface area contributed by atoms with E-state index in [-0.39, 0.29) is 17.8 Å². The van der Waals surface area contributed by atoms with Crippen LogP contribution >= 0.6 is 0 Å². The van der Waals surface area contributed by atoms with Crippen LogP contribution in [0.4, 0.5) is 4.39 Å². The molecular formula is C14H15FN6O. The molecule has 3 rings (SSSR count). The first-order valence-corrected chi connectivity index (χ1v) is 6.93. The Morgan fingerprint density at radius 3 is 2.73 bits per heavy atom. The molecule has 22 heavy (non-hydrogen) atoms. The first-order valence-electron chi connectivity index (χ1n) is 6.93. The zero-order valence-electron chi connectivity index (χ0n) is 12.4. The molecule has 7 nitrogen and oxygen atoms in total. The van der Waals surface area contributed by atoms with Crippen LogP contribution in [0.5, 0.6) is 0 Å². The number of benzene rings is 1. The van der Waals surface area contributed by atoms with Crippen LogP contribution in [-0.2, 0) is 0 Å². The van der Waals surface area contributed by atoms with Gasteiger partial charge in [-0.3, -0.25) is 0 Å². The molecule has 8 heteroatoms. The average molecular weight is 302 g/mol. The van der Waals surface area contributed by atoms with Crippen LogP contribution in [0.25, 0.3) is 11.4 Å². The zero-order chi connectivity index (χ0) is 15.7. The zero-order valence-corrected chi connectivity index (χ0v) is 12.4. The first kappa shape index (κ1) is 14.3. The van der Waals surface area contributed by atoms with E-state index in [1.165, 1.54) is 16.9 Å². The molecule has 0 saturated heterocycles. The molecule has 0 aliphatic carbocycles. The molecule has 0 aliphatic rings. The third-order valence-corrected chi connectivity index (χ3v) is 3.19. The van der Waals surface area contributed by atoms with Crippen molar-refractivity contribution < 1.29 is 8.91 Å². The number of hydrogen-bond donors (Lipinski definition) is 0. The smallest absolute Gasteiger partial charge is 0.253 e. The lowest BCUT2D eigenvalue weighted by atomic mass is 10.2. The minimum Gasteiger partial charge on any atom is -0.337 e. The number of rotatable bonds is 4. The van der Waals surface area contributed by atoms with E-state index < -0.39 is 0 Å². The van der Waals surface area contributed by atoms with E-state index in [0.717, 1.165) is 0 Å². The fraction of sp³-hybridized carbons (Fsp3) is 0.357. The Morgan fingerprint density at radius 2 is 2.05 bits per heavy atom. The molecule has 0 spiro atoms. The second-order valence-corrected chi connectivity index (χ2v) is 5.27. The maximum absolute atomic E-state index is 13.2. The maximum atomic E-state index is 13.2. The predicted octanol–water partition coefficient (Wildman–Crippen LogP) is 2.59. The number of hydrogen-bond acceptors (Lipinski definition) is 6. The van der Waals surface area contributed by atoms with Gasteiger partial charge in [0, 0.05) is 11.5 Å². The molecule has 0 saturated carbocycles. The van der Waals surface area contributed by atoms with Gasteiger partial charge in [0.05, 0.1) is 0 Å². The molecule has 3 aromatic rings. The summed E-state index contributed by atoms with van der Waals surface area (Å²) in [5, 5.41) is 16.1. The van der Waals surface area contributed by atoms with Gasteiger partial charge >= 0.3 is 0 Å². The van der Waals surface area contributed by atoms with Crippen molar-refractivity contribution in [1.82, 2.24) is 30.3 Å². The van der Waals surface area contributed by atoms with Crippen molar-refractivity contribution in [3.63, 3.8) is 0 Å². The van der Waals surface area contributed by atoms with Gasteiger partial charge in [0.2, 0.25) is 5.82 Å². The van der Waals surface area contributed by atoms with E-state index in [1.54, 1.807) is 12.1 Å². The Kier molecular flexibility index (Phi) is 3.66. The molecule has 0 bridgehead atoms. The summed E-state index contributed by atoms with van der Waals surface area (Å²) in [5.41, 5.74) is 0.562. The van der Waals surface area contributed by atoms with Gasteiger partial charge in [0.1, 0.15) is 11.9 Å². The number of tetrazole rings is 1. The van der Waals surface area contributed by atoms with E-state index in [1.807, 2.05) is 20.8 Å². The first-order chi connectivity index (χ1) is 10.5. The van der Waals surface area contributed by atoms with E-state index in [9.17, 15) is 4.39 Å². The second kappa shape index (κ2) is 5.63.